The van der Waals surface area contributed by atoms with Crippen molar-refractivity contribution >= 4 is 57.9 Å². The Balaban J connectivity index is 1.32. The quantitative estimate of drug-likeness (QED) is 0.498. The van der Waals surface area contributed by atoms with Gasteiger partial charge in [0.25, 0.3) is 0 Å². The summed E-state index contributed by atoms with van der Waals surface area (Å²) in [5, 5.41) is 8.79. The Kier molecular flexibility index (Phi) is 6.55. The minimum absolute atomic E-state index is 0.0876. The highest BCUT2D eigenvalue weighted by atomic mass is 35.5. The van der Waals surface area contributed by atoms with E-state index in [0.717, 1.165) is 30.6 Å². The summed E-state index contributed by atoms with van der Waals surface area (Å²) in [5.41, 5.74) is -0.748. The fourth-order valence-electron chi connectivity index (χ4n) is 6.39. The number of likely N-dealkylation sites (tertiary alicyclic amines) is 1. The lowest BCUT2D eigenvalue weighted by atomic mass is 9.74. The molecule has 0 radical (unpaired) electrons. The maximum atomic E-state index is 14.0. The summed E-state index contributed by atoms with van der Waals surface area (Å²) in [4.78, 5) is 43.9. The third-order valence-corrected chi connectivity index (χ3v) is 9.21. The van der Waals surface area contributed by atoms with Crippen molar-refractivity contribution < 1.29 is 19.1 Å². The Bertz CT molecular complexity index is 1240. The van der Waals surface area contributed by atoms with E-state index in [1.165, 1.54) is 17.8 Å². The second-order valence-electron chi connectivity index (χ2n) is 10.2. The molecule has 2 N–H and O–H groups in total. The smallest absolute Gasteiger partial charge is 0.246 e. The van der Waals surface area contributed by atoms with Crippen molar-refractivity contribution in [2.24, 2.45) is 11.8 Å². The van der Waals surface area contributed by atoms with E-state index in [2.05, 4.69) is 10.6 Å². The lowest BCUT2D eigenvalue weighted by Gasteiger charge is -2.34. The molecule has 2 saturated heterocycles. The number of hydrogen-bond donors (Lipinski definition) is 2. The molecule has 194 valence electrons. The van der Waals surface area contributed by atoms with Crippen LogP contribution in [-0.4, -0.2) is 46.4 Å². The minimum Gasteiger partial charge on any atom is -0.359 e. The standard InChI is InChI=1S/C27H27Cl2N3O4S/c28-15-11-16(29)13-18(12-15)31-24(33)21-20-8-9-27(36-20)22(21)26(35)32(14-19-7-4-10-37-19)23(27)25(34)30-17-5-2-1-3-6-17/h4,7-13,17,20-23H,1-3,5-6,14H2,(H,30,34)(H,31,33)/t20-,21+,22-,23-,27-/m0/s1. The van der Waals surface area contributed by atoms with Crippen molar-refractivity contribution in [2.75, 3.05) is 5.32 Å². The molecule has 4 aliphatic rings. The molecule has 5 atom stereocenters. The molecule has 10 heteroatoms. The molecule has 2 bridgehead atoms. The van der Waals surface area contributed by atoms with E-state index in [1.807, 2.05) is 29.7 Å². The number of thiophene rings is 1. The molecule has 3 fully saturated rings. The fraction of sp³-hybridized carbons (Fsp3) is 0.444. The molecule has 2 aromatic rings. The summed E-state index contributed by atoms with van der Waals surface area (Å²) in [6.07, 6.45) is 8.24. The number of ether oxygens (including phenoxy) is 1. The molecule has 4 heterocycles. The zero-order chi connectivity index (χ0) is 25.7. The van der Waals surface area contributed by atoms with Gasteiger partial charge < -0.3 is 20.3 Å². The summed E-state index contributed by atoms with van der Waals surface area (Å²) in [6, 6.07) is 7.89. The monoisotopic (exact) mass is 559 g/mol. The van der Waals surface area contributed by atoms with Crippen LogP contribution in [0.15, 0.2) is 47.9 Å². The Morgan fingerprint density at radius 2 is 1.86 bits per heavy atom. The SMILES string of the molecule is O=C(Nc1cc(Cl)cc(Cl)c1)[C@@H]1[C@@H]2C=C[C@]3(O2)[C@@H]1C(=O)N(Cc1cccs1)[C@H]3C(=O)NC1CCCCC1. The summed E-state index contributed by atoms with van der Waals surface area (Å²) in [5.74, 6) is -2.41. The van der Waals surface area contributed by atoms with Gasteiger partial charge in [-0.1, -0.05) is 60.7 Å². The third-order valence-electron chi connectivity index (χ3n) is 7.91. The maximum Gasteiger partial charge on any atom is 0.246 e. The fourth-order valence-corrected chi connectivity index (χ4v) is 7.62. The number of carbonyl (C=O) groups is 3. The molecule has 1 saturated carbocycles. The van der Waals surface area contributed by atoms with Gasteiger partial charge >= 0.3 is 0 Å². The Labute approximate surface area is 229 Å². The number of benzene rings is 1. The van der Waals surface area contributed by atoms with Crippen LogP contribution in [0.1, 0.15) is 37.0 Å². The van der Waals surface area contributed by atoms with E-state index in [1.54, 1.807) is 23.1 Å². The molecule has 1 aromatic heterocycles. The predicted molar refractivity (Wildman–Crippen MR) is 142 cm³/mol. The second-order valence-corrected chi connectivity index (χ2v) is 12.1. The zero-order valence-corrected chi connectivity index (χ0v) is 22.3. The predicted octanol–water partition coefficient (Wildman–Crippen LogP) is 4.79. The molecule has 6 rings (SSSR count). The van der Waals surface area contributed by atoms with E-state index >= 15 is 0 Å². The van der Waals surface area contributed by atoms with Crippen LogP contribution in [0.2, 0.25) is 10.0 Å². The first-order valence-corrected chi connectivity index (χ1v) is 14.3. The minimum atomic E-state index is -1.19. The lowest BCUT2D eigenvalue weighted by molar-refractivity contribution is -0.142. The van der Waals surface area contributed by atoms with Crippen LogP contribution in [0.4, 0.5) is 5.69 Å². The Hall–Kier alpha value is -2.39. The van der Waals surface area contributed by atoms with Crippen LogP contribution in [0.25, 0.3) is 0 Å². The molecule has 0 unspecified atom stereocenters. The van der Waals surface area contributed by atoms with E-state index in [-0.39, 0.29) is 30.3 Å². The van der Waals surface area contributed by atoms with Crippen molar-refractivity contribution in [3.8, 4) is 0 Å². The van der Waals surface area contributed by atoms with E-state index in [4.69, 9.17) is 27.9 Å². The molecule has 37 heavy (non-hydrogen) atoms. The number of halogens is 2. The number of amides is 3. The zero-order valence-electron chi connectivity index (χ0n) is 20.0. The molecule has 3 amide bonds. The molecule has 1 aliphatic carbocycles. The third kappa shape index (κ3) is 4.38. The molecule has 1 spiro atoms. The average Bonchev–Trinajstić information content (AvgIpc) is 3.62. The number of fused-ring (bicyclic) bond motifs is 1. The highest BCUT2D eigenvalue weighted by Gasteiger charge is 2.72. The van der Waals surface area contributed by atoms with Gasteiger partial charge in [0, 0.05) is 26.7 Å². The highest BCUT2D eigenvalue weighted by Crippen LogP contribution is 2.55. The van der Waals surface area contributed by atoms with Crippen LogP contribution in [0, 0.1) is 11.8 Å². The van der Waals surface area contributed by atoms with Crippen molar-refractivity contribution in [3.05, 3.63) is 62.8 Å². The topological polar surface area (TPSA) is 87.7 Å². The summed E-state index contributed by atoms with van der Waals surface area (Å²) in [7, 11) is 0. The molecular weight excluding hydrogens is 533 g/mol. The molecule has 7 nitrogen and oxygen atoms in total. The summed E-state index contributed by atoms with van der Waals surface area (Å²) in [6.45, 7) is 0.289. The van der Waals surface area contributed by atoms with Crippen LogP contribution < -0.4 is 10.6 Å². The van der Waals surface area contributed by atoms with Crippen molar-refractivity contribution in [1.29, 1.82) is 0 Å². The van der Waals surface area contributed by atoms with Crippen molar-refractivity contribution in [2.45, 2.75) is 62.4 Å². The van der Waals surface area contributed by atoms with E-state index in [9.17, 15) is 14.4 Å². The molecule has 3 aliphatic heterocycles. The number of rotatable bonds is 6. The van der Waals surface area contributed by atoms with Gasteiger partial charge in [-0.2, -0.15) is 0 Å². The number of anilines is 1. The molecule has 1 aromatic carbocycles. The lowest BCUT2D eigenvalue weighted by Crippen LogP contribution is -2.56. The van der Waals surface area contributed by atoms with Crippen LogP contribution in [-0.2, 0) is 25.7 Å². The van der Waals surface area contributed by atoms with Gasteiger partial charge in [-0.3, -0.25) is 14.4 Å². The normalized spacial score (nSPS) is 30.5. The summed E-state index contributed by atoms with van der Waals surface area (Å²) < 4.78 is 6.40. The number of nitrogens with zero attached hydrogens (tertiary/aromatic N) is 1. The number of carbonyl (C=O) groups excluding carboxylic acids is 3. The first kappa shape index (κ1) is 24.9. The number of hydrogen-bond acceptors (Lipinski definition) is 5. The van der Waals surface area contributed by atoms with Gasteiger partial charge in [0.1, 0.15) is 11.6 Å². The Morgan fingerprint density at radius 3 is 2.57 bits per heavy atom. The van der Waals surface area contributed by atoms with Crippen molar-refractivity contribution in [1.82, 2.24) is 10.2 Å². The molecular formula is C27H27Cl2N3O4S. The largest absolute Gasteiger partial charge is 0.359 e. The summed E-state index contributed by atoms with van der Waals surface area (Å²) >= 11 is 13.8. The first-order chi connectivity index (χ1) is 17.9. The van der Waals surface area contributed by atoms with Gasteiger partial charge in [0.05, 0.1) is 24.5 Å². The van der Waals surface area contributed by atoms with E-state index in [0.29, 0.717) is 15.7 Å². The maximum absolute atomic E-state index is 14.0. The van der Waals surface area contributed by atoms with Gasteiger partial charge in [-0.25, -0.2) is 0 Å². The first-order valence-electron chi connectivity index (χ1n) is 12.6. The van der Waals surface area contributed by atoms with Crippen LogP contribution >= 0.6 is 34.5 Å². The van der Waals surface area contributed by atoms with Gasteiger partial charge in [0.2, 0.25) is 17.7 Å². The van der Waals surface area contributed by atoms with Gasteiger partial charge in [-0.15, -0.1) is 11.3 Å². The number of nitrogens with one attached hydrogen (secondary N) is 2. The second kappa shape index (κ2) is 9.73. The van der Waals surface area contributed by atoms with Crippen LogP contribution in [0.5, 0.6) is 0 Å². The van der Waals surface area contributed by atoms with Crippen molar-refractivity contribution in [3.63, 3.8) is 0 Å². The van der Waals surface area contributed by atoms with Crippen LogP contribution in [0.3, 0.4) is 0 Å². The average molecular weight is 561 g/mol. The highest BCUT2D eigenvalue weighted by molar-refractivity contribution is 7.09. The van der Waals surface area contributed by atoms with Gasteiger partial charge in [0.15, 0.2) is 0 Å². The Morgan fingerprint density at radius 1 is 1.11 bits per heavy atom. The van der Waals surface area contributed by atoms with Gasteiger partial charge in [-0.05, 0) is 42.5 Å². The van der Waals surface area contributed by atoms with E-state index < -0.39 is 29.6 Å².